The predicted molar refractivity (Wildman–Crippen MR) is 83.3 cm³/mol. The van der Waals surface area contributed by atoms with E-state index in [0.29, 0.717) is 0 Å². The van der Waals surface area contributed by atoms with Crippen molar-refractivity contribution in [3.8, 4) is 0 Å². The molecule has 0 rings (SSSR count). The number of nitrogens with zero attached hydrogens (tertiary/aromatic N) is 1. The van der Waals surface area contributed by atoms with Crippen LogP contribution in [0.2, 0.25) is 0 Å². The number of hydrogen-bond acceptors (Lipinski definition) is 1. The second-order valence-corrected chi connectivity index (χ2v) is 5.41. The molecule has 0 aromatic rings. The standard InChI is InChI=1S/C15H33N4/c1-3-5-7-10-14(16)11-9-13-19(15(17)18)12-8-6-4-2/h14,16H,3-13H2,1-2H3,(H3,17,18). The molecule has 1 unspecified atom stereocenters. The third-order valence-electron chi connectivity index (χ3n) is 3.51. The van der Waals surface area contributed by atoms with E-state index in [1.807, 2.05) is 4.90 Å². The van der Waals surface area contributed by atoms with Crippen LogP contribution in [0.4, 0.5) is 0 Å². The molecule has 1 radical (unpaired) electrons. The van der Waals surface area contributed by atoms with Gasteiger partial charge in [-0.15, -0.1) is 0 Å². The van der Waals surface area contributed by atoms with Crippen LogP contribution >= 0.6 is 0 Å². The maximum absolute atomic E-state index is 7.97. The van der Waals surface area contributed by atoms with E-state index >= 15 is 0 Å². The SMILES string of the molecule is CCCCCC([NH])CCCN(CCCCC)C(=N)N. The fourth-order valence-corrected chi connectivity index (χ4v) is 2.22. The largest absolute Gasteiger partial charge is 0.370 e. The van der Waals surface area contributed by atoms with Gasteiger partial charge < -0.3 is 10.6 Å². The number of unbranched alkanes of at least 4 members (excludes halogenated alkanes) is 4. The Labute approximate surface area is 119 Å². The van der Waals surface area contributed by atoms with E-state index < -0.39 is 0 Å². The lowest BCUT2D eigenvalue weighted by Crippen LogP contribution is -2.38. The minimum absolute atomic E-state index is 0.0657. The van der Waals surface area contributed by atoms with Crippen LogP contribution in [-0.4, -0.2) is 30.0 Å². The van der Waals surface area contributed by atoms with E-state index in [9.17, 15) is 0 Å². The third-order valence-corrected chi connectivity index (χ3v) is 3.51. The Morgan fingerprint density at radius 2 is 1.47 bits per heavy atom. The van der Waals surface area contributed by atoms with E-state index in [0.717, 1.165) is 38.8 Å². The number of rotatable bonds is 12. The summed E-state index contributed by atoms with van der Waals surface area (Å²) in [5.74, 6) is 0.184. The average Bonchev–Trinajstić information content (AvgIpc) is 2.37. The fourth-order valence-electron chi connectivity index (χ4n) is 2.22. The van der Waals surface area contributed by atoms with Crippen LogP contribution in [0.1, 0.15) is 71.6 Å². The highest BCUT2D eigenvalue weighted by molar-refractivity contribution is 5.74. The Bertz CT molecular complexity index is 218. The van der Waals surface area contributed by atoms with Gasteiger partial charge in [-0.1, -0.05) is 46.0 Å². The van der Waals surface area contributed by atoms with Gasteiger partial charge in [0.15, 0.2) is 5.96 Å². The molecule has 0 aromatic heterocycles. The minimum Gasteiger partial charge on any atom is -0.370 e. The van der Waals surface area contributed by atoms with Gasteiger partial charge in [0.1, 0.15) is 0 Å². The highest BCUT2D eigenvalue weighted by Crippen LogP contribution is 2.08. The molecule has 0 aliphatic carbocycles. The van der Waals surface area contributed by atoms with Gasteiger partial charge in [0.2, 0.25) is 0 Å². The van der Waals surface area contributed by atoms with Crippen LogP contribution in [0, 0.1) is 5.41 Å². The topological polar surface area (TPSA) is 76.9 Å². The second kappa shape index (κ2) is 12.3. The first-order chi connectivity index (χ1) is 9.11. The normalized spacial score (nSPS) is 12.4. The van der Waals surface area contributed by atoms with Crippen LogP contribution in [0.5, 0.6) is 0 Å². The summed E-state index contributed by atoms with van der Waals surface area (Å²) in [6.45, 7) is 6.10. The van der Waals surface area contributed by atoms with Crippen molar-refractivity contribution < 1.29 is 0 Å². The van der Waals surface area contributed by atoms with Crippen molar-refractivity contribution in [3.63, 3.8) is 0 Å². The summed E-state index contributed by atoms with van der Waals surface area (Å²) in [6, 6.07) is 0.0657. The van der Waals surface area contributed by atoms with Gasteiger partial charge >= 0.3 is 0 Å². The molecule has 0 spiro atoms. The number of guanidine groups is 1. The van der Waals surface area contributed by atoms with Crippen LogP contribution < -0.4 is 11.5 Å². The van der Waals surface area contributed by atoms with Crippen molar-refractivity contribution in [3.05, 3.63) is 0 Å². The molecule has 0 aromatic carbocycles. The highest BCUT2D eigenvalue weighted by atomic mass is 15.2. The smallest absolute Gasteiger partial charge is 0.188 e. The predicted octanol–water partition coefficient (Wildman–Crippen LogP) is 3.38. The number of hydrogen-bond donors (Lipinski definition) is 2. The molecule has 113 valence electrons. The Morgan fingerprint density at radius 1 is 0.947 bits per heavy atom. The zero-order valence-corrected chi connectivity index (χ0v) is 12.9. The monoisotopic (exact) mass is 269 g/mol. The zero-order valence-electron chi connectivity index (χ0n) is 12.9. The van der Waals surface area contributed by atoms with E-state index in [1.54, 1.807) is 0 Å². The van der Waals surface area contributed by atoms with Gasteiger partial charge in [-0.05, 0) is 25.7 Å². The molecule has 1 atom stereocenters. The molecule has 0 bridgehead atoms. The molecule has 0 aliphatic heterocycles. The van der Waals surface area contributed by atoms with Crippen LogP contribution in [0.25, 0.3) is 0 Å². The quantitative estimate of drug-likeness (QED) is 0.324. The van der Waals surface area contributed by atoms with E-state index in [4.69, 9.17) is 16.9 Å². The highest BCUT2D eigenvalue weighted by Gasteiger charge is 2.08. The van der Waals surface area contributed by atoms with E-state index in [1.165, 1.54) is 32.1 Å². The Morgan fingerprint density at radius 3 is 2.05 bits per heavy atom. The molecule has 0 heterocycles. The lowest BCUT2D eigenvalue weighted by atomic mass is 10.0. The first kappa shape index (κ1) is 18.2. The van der Waals surface area contributed by atoms with Gasteiger partial charge in [-0.25, -0.2) is 0 Å². The second-order valence-electron chi connectivity index (χ2n) is 5.41. The van der Waals surface area contributed by atoms with Crippen LogP contribution in [0.3, 0.4) is 0 Å². The minimum atomic E-state index is 0.0657. The van der Waals surface area contributed by atoms with Crippen molar-refractivity contribution in [2.45, 2.75) is 77.7 Å². The van der Waals surface area contributed by atoms with Crippen molar-refractivity contribution in [2.75, 3.05) is 13.1 Å². The van der Waals surface area contributed by atoms with Crippen LogP contribution in [0.15, 0.2) is 0 Å². The summed E-state index contributed by atoms with van der Waals surface area (Å²) < 4.78 is 0. The zero-order chi connectivity index (χ0) is 14.5. The molecule has 0 saturated heterocycles. The van der Waals surface area contributed by atoms with Crippen molar-refractivity contribution in [2.24, 2.45) is 5.73 Å². The maximum Gasteiger partial charge on any atom is 0.188 e. The summed E-state index contributed by atoms with van der Waals surface area (Å²) in [4.78, 5) is 1.95. The molecule has 0 aliphatic rings. The maximum atomic E-state index is 7.97. The fraction of sp³-hybridized carbons (Fsp3) is 0.933. The Balaban J connectivity index is 3.70. The van der Waals surface area contributed by atoms with Crippen molar-refractivity contribution >= 4 is 5.96 Å². The first-order valence-corrected chi connectivity index (χ1v) is 7.91. The molecular formula is C15H33N4. The molecule has 0 amide bonds. The van der Waals surface area contributed by atoms with E-state index in [2.05, 4.69) is 13.8 Å². The van der Waals surface area contributed by atoms with Gasteiger partial charge in [0.05, 0.1) is 0 Å². The van der Waals surface area contributed by atoms with Crippen LogP contribution in [-0.2, 0) is 0 Å². The number of nitrogens with one attached hydrogen (secondary N) is 2. The summed E-state index contributed by atoms with van der Waals surface area (Å²) in [5.41, 5.74) is 13.6. The Kier molecular flexibility index (Phi) is 11.8. The van der Waals surface area contributed by atoms with Crippen molar-refractivity contribution in [1.29, 1.82) is 5.41 Å². The molecule has 0 fully saturated rings. The average molecular weight is 269 g/mol. The Hall–Kier alpha value is -0.770. The van der Waals surface area contributed by atoms with Gasteiger partial charge in [-0.2, -0.15) is 0 Å². The van der Waals surface area contributed by atoms with Gasteiger partial charge in [0, 0.05) is 19.1 Å². The lowest BCUT2D eigenvalue weighted by molar-refractivity contribution is 0.372. The van der Waals surface area contributed by atoms with Gasteiger partial charge in [0.25, 0.3) is 0 Å². The summed E-state index contributed by atoms with van der Waals surface area (Å²) in [7, 11) is 0. The third kappa shape index (κ3) is 10.8. The summed E-state index contributed by atoms with van der Waals surface area (Å²) in [6.07, 6.45) is 10.1. The summed E-state index contributed by atoms with van der Waals surface area (Å²) in [5, 5.41) is 7.57. The van der Waals surface area contributed by atoms with Gasteiger partial charge in [-0.3, -0.25) is 11.1 Å². The molecule has 4 N–H and O–H groups in total. The molecular weight excluding hydrogens is 236 g/mol. The molecule has 4 nitrogen and oxygen atoms in total. The van der Waals surface area contributed by atoms with Crippen molar-refractivity contribution in [1.82, 2.24) is 10.6 Å². The first-order valence-electron chi connectivity index (χ1n) is 7.91. The number of nitrogens with two attached hydrogens (primary N) is 1. The molecule has 4 heteroatoms. The molecule has 0 saturated carbocycles. The summed E-state index contributed by atoms with van der Waals surface area (Å²) >= 11 is 0. The lowest BCUT2D eigenvalue weighted by Gasteiger charge is -2.23. The van der Waals surface area contributed by atoms with E-state index in [-0.39, 0.29) is 12.0 Å². The molecule has 19 heavy (non-hydrogen) atoms.